The van der Waals surface area contributed by atoms with Gasteiger partial charge in [0.05, 0.1) is 0 Å². The van der Waals surface area contributed by atoms with Crippen molar-refractivity contribution in [2.45, 2.75) is 77.6 Å². The number of hydrogen-bond acceptors (Lipinski definition) is 0. The van der Waals surface area contributed by atoms with Crippen molar-refractivity contribution in [3.05, 3.63) is 47.5 Å². The molecule has 0 saturated heterocycles. The molecule has 0 heterocycles. The normalized spacial score (nSPS) is 34.8. The predicted molar refractivity (Wildman–Crippen MR) is 108 cm³/mol. The summed E-state index contributed by atoms with van der Waals surface area (Å²) in [6.07, 6.45) is 17.7. The molecule has 2 saturated carbocycles. The highest BCUT2D eigenvalue weighted by Crippen LogP contribution is 2.48. The van der Waals surface area contributed by atoms with Gasteiger partial charge in [0.15, 0.2) is 0 Å². The van der Waals surface area contributed by atoms with Gasteiger partial charge >= 0.3 is 0 Å². The second kappa shape index (κ2) is 7.68. The minimum atomic E-state index is 0.816. The molecule has 0 spiro atoms. The Labute approximate surface area is 155 Å². The van der Waals surface area contributed by atoms with Crippen molar-refractivity contribution in [2.75, 3.05) is 0 Å². The molecule has 4 rings (SSSR count). The van der Waals surface area contributed by atoms with E-state index in [1.54, 1.807) is 16.7 Å². The maximum absolute atomic E-state index is 4.05. The lowest BCUT2D eigenvalue weighted by Gasteiger charge is -2.44. The molecule has 0 aromatic heterocycles. The van der Waals surface area contributed by atoms with Gasteiger partial charge in [0.25, 0.3) is 0 Å². The summed E-state index contributed by atoms with van der Waals surface area (Å²) in [7, 11) is 0. The smallest absolute Gasteiger partial charge is 0.0233 e. The number of hydrogen-bond donors (Lipinski definition) is 0. The fraction of sp³-hybridized carbons (Fsp3) is 0.680. The van der Waals surface area contributed by atoms with Crippen LogP contribution >= 0.6 is 0 Å². The lowest BCUT2D eigenvalue weighted by atomic mass is 9.61. The van der Waals surface area contributed by atoms with E-state index in [4.69, 9.17) is 0 Å². The molecular formula is C25H36. The van der Waals surface area contributed by atoms with Gasteiger partial charge < -0.3 is 0 Å². The van der Waals surface area contributed by atoms with Crippen molar-refractivity contribution >= 4 is 0 Å². The summed E-state index contributed by atoms with van der Waals surface area (Å²) in [6, 6.07) is 7.38. The average molecular weight is 337 g/mol. The van der Waals surface area contributed by atoms with Crippen LogP contribution in [0.2, 0.25) is 0 Å². The Bertz CT molecular complexity index is 598. The zero-order valence-electron chi connectivity index (χ0n) is 16.2. The quantitative estimate of drug-likeness (QED) is 0.533. The third-order valence-electron chi connectivity index (χ3n) is 7.77. The summed E-state index contributed by atoms with van der Waals surface area (Å²) < 4.78 is 0. The first-order valence-electron chi connectivity index (χ1n) is 11.0. The van der Waals surface area contributed by atoms with Gasteiger partial charge in [-0.25, -0.2) is 0 Å². The Morgan fingerprint density at radius 2 is 1.68 bits per heavy atom. The summed E-state index contributed by atoms with van der Waals surface area (Å²) in [6.45, 7) is 6.34. The SMILES string of the molecule is C=CC1CCC2CC(C3CCc4cc(CCC)ccc4C3)CCC2C1. The van der Waals surface area contributed by atoms with E-state index in [9.17, 15) is 0 Å². The Balaban J connectivity index is 1.38. The van der Waals surface area contributed by atoms with Crippen LogP contribution in [-0.4, -0.2) is 0 Å². The summed E-state index contributed by atoms with van der Waals surface area (Å²) in [5, 5.41) is 0. The van der Waals surface area contributed by atoms with E-state index in [-0.39, 0.29) is 0 Å². The van der Waals surface area contributed by atoms with Crippen LogP contribution in [0, 0.1) is 29.6 Å². The largest absolute Gasteiger partial charge is 0.103 e. The van der Waals surface area contributed by atoms with Crippen LogP contribution in [0.3, 0.4) is 0 Å². The minimum Gasteiger partial charge on any atom is -0.103 e. The topological polar surface area (TPSA) is 0 Å². The van der Waals surface area contributed by atoms with Crippen molar-refractivity contribution in [2.24, 2.45) is 29.6 Å². The molecule has 0 radical (unpaired) electrons. The van der Waals surface area contributed by atoms with Crippen LogP contribution in [0.4, 0.5) is 0 Å². The molecule has 3 aliphatic carbocycles. The summed E-state index contributed by atoms with van der Waals surface area (Å²) in [5.74, 6) is 4.83. The molecule has 0 amide bonds. The number of rotatable bonds is 4. The first-order chi connectivity index (χ1) is 12.3. The molecule has 136 valence electrons. The Morgan fingerprint density at radius 3 is 2.48 bits per heavy atom. The van der Waals surface area contributed by atoms with Gasteiger partial charge in [-0.3, -0.25) is 0 Å². The predicted octanol–water partition coefficient (Wildman–Crippen LogP) is 6.76. The fourth-order valence-corrected chi connectivity index (χ4v) is 6.29. The van der Waals surface area contributed by atoms with Crippen LogP contribution in [0.5, 0.6) is 0 Å². The lowest BCUT2D eigenvalue weighted by Crippen LogP contribution is -2.34. The van der Waals surface area contributed by atoms with Gasteiger partial charge in [0.2, 0.25) is 0 Å². The van der Waals surface area contributed by atoms with Gasteiger partial charge in [-0.05, 0) is 110 Å². The minimum absolute atomic E-state index is 0.816. The third kappa shape index (κ3) is 3.74. The average Bonchev–Trinajstić information content (AvgIpc) is 2.67. The van der Waals surface area contributed by atoms with Crippen LogP contribution in [0.1, 0.15) is 75.0 Å². The van der Waals surface area contributed by atoms with Gasteiger partial charge in [-0.1, -0.05) is 37.6 Å². The van der Waals surface area contributed by atoms with Crippen molar-refractivity contribution in [3.63, 3.8) is 0 Å². The highest BCUT2D eigenvalue weighted by Gasteiger charge is 2.38. The number of allylic oxidation sites excluding steroid dienone is 1. The van der Waals surface area contributed by atoms with Crippen LogP contribution in [-0.2, 0) is 19.3 Å². The summed E-state index contributed by atoms with van der Waals surface area (Å²) >= 11 is 0. The molecule has 25 heavy (non-hydrogen) atoms. The Hall–Kier alpha value is -1.04. The first-order valence-corrected chi connectivity index (χ1v) is 11.0. The summed E-state index contributed by atoms with van der Waals surface area (Å²) in [5.41, 5.74) is 4.90. The Kier molecular flexibility index (Phi) is 5.34. The van der Waals surface area contributed by atoms with Crippen LogP contribution in [0.15, 0.2) is 30.9 Å². The van der Waals surface area contributed by atoms with E-state index < -0.39 is 0 Å². The molecular weight excluding hydrogens is 300 g/mol. The second-order valence-corrected chi connectivity index (χ2v) is 9.26. The van der Waals surface area contributed by atoms with Gasteiger partial charge in [0, 0.05) is 0 Å². The Morgan fingerprint density at radius 1 is 0.920 bits per heavy atom. The molecule has 0 aliphatic heterocycles. The van der Waals surface area contributed by atoms with E-state index in [0.717, 1.165) is 29.6 Å². The zero-order chi connectivity index (χ0) is 17.2. The summed E-state index contributed by atoms with van der Waals surface area (Å²) in [4.78, 5) is 0. The molecule has 0 N–H and O–H groups in total. The molecule has 0 nitrogen and oxygen atoms in total. The number of fused-ring (bicyclic) bond motifs is 2. The standard InChI is InChI=1S/C25H36/c1-3-5-19-7-9-23-17-25(13-11-21(23)15-19)24-12-10-20-14-18(4-2)6-8-22(20)16-24/h4,7,9,15,18,20,22,24-25H,2-3,5-6,8,10-14,16-17H2,1H3. The first kappa shape index (κ1) is 17.4. The maximum atomic E-state index is 4.05. The molecule has 1 aromatic rings. The molecule has 5 atom stereocenters. The third-order valence-corrected chi connectivity index (χ3v) is 7.77. The van der Waals surface area contributed by atoms with Crippen molar-refractivity contribution < 1.29 is 0 Å². The monoisotopic (exact) mass is 336 g/mol. The molecule has 5 unspecified atom stereocenters. The van der Waals surface area contributed by atoms with E-state index in [1.807, 2.05) is 0 Å². The number of benzene rings is 1. The molecule has 3 aliphatic rings. The van der Waals surface area contributed by atoms with Crippen molar-refractivity contribution in [1.82, 2.24) is 0 Å². The van der Waals surface area contributed by atoms with Gasteiger partial charge in [0.1, 0.15) is 0 Å². The van der Waals surface area contributed by atoms with Crippen LogP contribution < -0.4 is 0 Å². The maximum Gasteiger partial charge on any atom is -0.0233 e. The van der Waals surface area contributed by atoms with E-state index in [1.165, 1.54) is 70.6 Å². The fourth-order valence-electron chi connectivity index (χ4n) is 6.29. The number of aryl methyl sites for hydroxylation is 2. The van der Waals surface area contributed by atoms with Crippen molar-refractivity contribution in [1.29, 1.82) is 0 Å². The zero-order valence-corrected chi connectivity index (χ0v) is 16.2. The highest BCUT2D eigenvalue weighted by molar-refractivity contribution is 5.34. The highest BCUT2D eigenvalue weighted by atomic mass is 14.4. The van der Waals surface area contributed by atoms with Crippen molar-refractivity contribution in [3.8, 4) is 0 Å². The lowest BCUT2D eigenvalue weighted by molar-refractivity contribution is 0.0811. The van der Waals surface area contributed by atoms with E-state index >= 15 is 0 Å². The molecule has 0 heteroatoms. The van der Waals surface area contributed by atoms with Gasteiger partial charge in [-0.2, -0.15) is 0 Å². The molecule has 0 bridgehead atoms. The van der Waals surface area contributed by atoms with E-state index in [2.05, 4.69) is 37.8 Å². The molecule has 2 fully saturated rings. The van der Waals surface area contributed by atoms with Gasteiger partial charge in [-0.15, -0.1) is 6.58 Å². The van der Waals surface area contributed by atoms with Crippen LogP contribution in [0.25, 0.3) is 0 Å². The molecule has 1 aromatic carbocycles. The second-order valence-electron chi connectivity index (χ2n) is 9.26. The van der Waals surface area contributed by atoms with E-state index in [0.29, 0.717) is 0 Å².